The number of hydrogen-bond acceptors (Lipinski definition) is 6. The summed E-state index contributed by atoms with van der Waals surface area (Å²) in [6, 6.07) is 3.15. The Balaban J connectivity index is 2.53. The molecule has 5 nitrogen and oxygen atoms in total. The number of rotatable bonds is 5. The van der Waals surface area contributed by atoms with Gasteiger partial charge < -0.3 is 14.6 Å². The smallest absolute Gasteiger partial charge is 0.340 e. The van der Waals surface area contributed by atoms with Gasteiger partial charge in [0, 0.05) is 11.1 Å². The predicted molar refractivity (Wildman–Crippen MR) is 91.0 cm³/mol. The lowest BCUT2D eigenvalue weighted by Gasteiger charge is -2.09. The van der Waals surface area contributed by atoms with Crippen molar-refractivity contribution in [1.29, 1.82) is 0 Å². The fraction of sp³-hybridized carbons (Fsp3) is 0.250. The number of methoxy groups -OCH3 is 1. The van der Waals surface area contributed by atoms with Crippen molar-refractivity contribution >= 4 is 40.6 Å². The molecule has 0 amide bonds. The van der Waals surface area contributed by atoms with Crippen molar-refractivity contribution in [3.8, 4) is 11.5 Å². The van der Waals surface area contributed by atoms with Crippen molar-refractivity contribution in [2.45, 2.75) is 13.8 Å². The number of aryl methyl sites for hydroxylation is 1. The van der Waals surface area contributed by atoms with Crippen LogP contribution >= 0.6 is 22.9 Å². The third-order valence-electron chi connectivity index (χ3n) is 2.92. The molecule has 0 fully saturated rings. The predicted octanol–water partition coefficient (Wildman–Crippen LogP) is 3.92. The minimum atomic E-state index is -0.499. The first-order chi connectivity index (χ1) is 11.0. The van der Waals surface area contributed by atoms with Crippen LogP contribution in [0, 0.1) is 6.92 Å². The SMILES string of the molecule is CCOc1cc(/C=C(\C(=O)OC)c2nc(C)cs2)cc(Cl)c1O. The highest BCUT2D eigenvalue weighted by Crippen LogP contribution is 2.36. The van der Waals surface area contributed by atoms with Crippen LogP contribution in [-0.2, 0) is 9.53 Å². The molecule has 1 N–H and O–H groups in total. The van der Waals surface area contributed by atoms with E-state index in [4.69, 9.17) is 21.1 Å². The Morgan fingerprint density at radius 2 is 2.22 bits per heavy atom. The van der Waals surface area contributed by atoms with E-state index in [0.29, 0.717) is 22.8 Å². The van der Waals surface area contributed by atoms with E-state index in [1.54, 1.807) is 25.1 Å². The number of phenolic OH excluding ortho intramolecular Hbond substituents is 1. The second-order valence-corrected chi connectivity index (χ2v) is 5.89. The number of phenols is 1. The van der Waals surface area contributed by atoms with E-state index in [-0.39, 0.29) is 16.5 Å². The number of ether oxygens (including phenoxy) is 2. The van der Waals surface area contributed by atoms with Gasteiger partial charge in [-0.1, -0.05) is 11.6 Å². The molecule has 0 unspecified atom stereocenters. The van der Waals surface area contributed by atoms with E-state index < -0.39 is 5.97 Å². The molecule has 0 bridgehead atoms. The molecule has 0 radical (unpaired) electrons. The van der Waals surface area contributed by atoms with Crippen molar-refractivity contribution in [2.75, 3.05) is 13.7 Å². The summed E-state index contributed by atoms with van der Waals surface area (Å²) in [6.45, 7) is 4.03. The summed E-state index contributed by atoms with van der Waals surface area (Å²) in [5.41, 5.74) is 1.73. The lowest BCUT2D eigenvalue weighted by Crippen LogP contribution is -2.04. The largest absolute Gasteiger partial charge is 0.503 e. The van der Waals surface area contributed by atoms with Gasteiger partial charge in [0.25, 0.3) is 0 Å². The molecule has 122 valence electrons. The summed E-state index contributed by atoms with van der Waals surface area (Å²) in [5, 5.41) is 12.4. The summed E-state index contributed by atoms with van der Waals surface area (Å²) < 4.78 is 10.2. The molecule has 7 heteroatoms. The zero-order valence-electron chi connectivity index (χ0n) is 12.9. The van der Waals surface area contributed by atoms with Crippen molar-refractivity contribution in [2.24, 2.45) is 0 Å². The first kappa shape index (κ1) is 17.3. The molecule has 0 saturated heterocycles. The average Bonchev–Trinajstić information content (AvgIpc) is 2.95. The Kier molecular flexibility index (Phi) is 5.63. The minimum absolute atomic E-state index is 0.129. The van der Waals surface area contributed by atoms with Crippen LogP contribution < -0.4 is 4.74 Å². The van der Waals surface area contributed by atoms with E-state index in [1.807, 2.05) is 12.3 Å². The highest BCUT2D eigenvalue weighted by molar-refractivity contribution is 7.11. The third-order valence-corrected chi connectivity index (χ3v) is 4.20. The maximum Gasteiger partial charge on any atom is 0.340 e. The molecule has 0 saturated carbocycles. The number of aromatic nitrogens is 1. The fourth-order valence-electron chi connectivity index (χ4n) is 1.90. The number of esters is 1. The number of carbonyl (C=O) groups excluding carboxylic acids is 1. The van der Waals surface area contributed by atoms with Crippen LogP contribution in [0.1, 0.15) is 23.2 Å². The molecule has 1 aromatic heterocycles. The van der Waals surface area contributed by atoms with Crippen LogP contribution in [-0.4, -0.2) is 29.8 Å². The topological polar surface area (TPSA) is 68.7 Å². The van der Waals surface area contributed by atoms with Crippen LogP contribution in [0.5, 0.6) is 11.5 Å². The van der Waals surface area contributed by atoms with Gasteiger partial charge in [-0.25, -0.2) is 9.78 Å². The molecule has 0 aliphatic heterocycles. The lowest BCUT2D eigenvalue weighted by molar-refractivity contribution is -0.133. The number of aromatic hydroxyl groups is 1. The van der Waals surface area contributed by atoms with E-state index in [2.05, 4.69) is 4.98 Å². The maximum absolute atomic E-state index is 12.1. The normalized spacial score (nSPS) is 11.4. The molecule has 1 heterocycles. The van der Waals surface area contributed by atoms with Crippen LogP contribution in [0.4, 0.5) is 0 Å². The van der Waals surface area contributed by atoms with Gasteiger partial charge in [-0.3, -0.25) is 0 Å². The van der Waals surface area contributed by atoms with Crippen molar-refractivity contribution in [3.05, 3.63) is 38.8 Å². The van der Waals surface area contributed by atoms with Crippen molar-refractivity contribution in [3.63, 3.8) is 0 Å². The van der Waals surface area contributed by atoms with Crippen LogP contribution in [0.25, 0.3) is 11.6 Å². The third kappa shape index (κ3) is 4.03. The van der Waals surface area contributed by atoms with E-state index in [9.17, 15) is 9.90 Å². The fourth-order valence-corrected chi connectivity index (χ4v) is 2.92. The first-order valence-corrected chi connectivity index (χ1v) is 8.09. The molecular formula is C16H16ClNO4S. The molecule has 0 spiro atoms. The molecule has 23 heavy (non-hydrogen) atoms. The summed E-state index contributed by atoms with van der Waals surface area (Å²) in [6.07, 6.45) is 1.61. The number of hydrogen-bond donors (Lipinski definition) is 1. The van der Waals surface area contributed by atoms with Gasteiger partial charge in [0.05, 0.1) is 24.3 Å². The van der Waals surface area contributed by atoms with Gasteiger partial charge in [0.15, 0.2) is 11.5 Å². The summed E-state index contributed by atoms with van der Waals surface area (Å²) in [7, 11) is 1.31. The lowest BCUT2D eigenvalue weighted by atomic mass is 10.1. The highest BCUT2D eigenvalue weighted by Gasteiger charge is 2.17. The van der Waals surface area contributed by atoms with Gasteiger partial charge in [-0.15, -0.1) is 11.3 Å². The quantitative estimate of drug-likeness (QED) is 0.651. The van der Waals surface area contributed by atoms with Crippen LogP contribution in [0.2, 0.25) is 5.02 Å². The molecule has 0 aliphatic carbocycles. The molecule has 1 aromatic carbocycles. The maximum atomic E-state index is 12.1. The van der Waals surface area contributed by atoms with Gasteiger partial charge in [-0.2, -0.15) is 0 Å². The molecular weight excluding hydrogens is 338 g/mol. The number of benzene rings is 1. The molecule has 0 atom stereocenters. The van der Waals surface area contributed by atoms with Crippen molar-refractivity contribution in [1.82, 2.24) is 4.98 Å². The first-order valence-electron chi connectivity index (χ1n) is 6.84. The summed E-state index contributed by atoms with van der Waals surface area (Å²) in [5.74, 6) is -0.373. The number of halogens is 1. The van der Waals surface area contributed by atoms with Crippen LogP contribution in [0.15, 0.2) is 17.5 Å². The average molecular weight is 354 g/mol. The van der Waals surface area contributed by atoms with Crippen LogP contribution in [0.3, 0.4) is 0 Å². The number of thiazole rings is 1. The number of carbonyl (C=O) groups is 1. The van der Waals surface area contributed by atoms with E-state index >= 15 is 0 Å². The molecule has 0 aliphatic rings. The zero-order valence-corrected chi connectivity index (χ0v) is 14.5. The monoisotopic (exact) mass is 353 g/mol. The van der Waals surface area contributed by atoms with Gasteiger partial charge in [0.2, 0.25) is 0 Å². The van der Waals surface area contributed by atoms with Gasteiger partial charge in [-0.05, 0) is 37.6 Å². The van der Waals surface area contributed by atoms with Crippen molar-refractivity contribution < 1.29 is 19.4 Å². The highest BCUT2D eigenvalue weighted by atomic mass is 35.5. The Labute approximate surface area is 143 Å². The summed E-state index contributed by atoms with van der Waals surface area (Å²) in [4.78, 5) is 16.4. The van der Waals surface area contributed by atoms with E-state index in [0.717, 1.165) is 5.69 Å². The summed E-state index contributed by atoms with van der Waals surface area (Å²) >= 11 is 7.36. The zero-order chi connectivity index (χ0) is 17.0. The Morgan fingerprint density at radius 1 is 1.48 bits per heavy atom. The molecule has 2 aromatic rings. The second kappa shape index (κ2) is 7.48. The number of nitrogens with zero attached hydrogens (tertiary/aromatic N) is 1. The Morgan fingerprint density at radius 3 is 2.78 bits per heavy atom. The Hall–Kier alpha value is -2.05. The Bertz CT molecular complexity index is 755. The second-order valence-electron chi connectivity index (χ2n) is 4.63. The minimum Gasteiger partial charge on any atom is -0.503 e. The van der Waals surface area contributed by atoms with Gasteiger partial charge in [0.1, 0.15) is 5.01 Å². The molecule has 2 rings (SSSR count). The standard InChI is InChI=1S/C16H16ClNO4S/c1-4-22-13-7-10(6-12(17)14(13)19)5-11(16(20)21-3)15-18-9(2)8-23-15/h5-8,19H,4H2,1-3H3/b11-5-. The van der Waals surface area contributed by atoms with E-state index in [1.165, 1.54) is 18.4 Å². The van der Waals surface area contributed by atoms with Gasteiger partial charge >= 0.3 is 5.97 Å².